The number of fused-ring (bicyclic) bond motifs is 1. The molecule has 186 valence electrons. The van der Waals surface area contributed by atoms with Crippen molar-refractivity contribution >= 4 is 11.5 Å². The number of nitrogens with zero attached hydrogens (tertiary/aromatic N) is 6. The van der Waals surface area contributed by atoms with Crippen LogP contribution in [0.5, 0.6) is 0 Å². The number of ether oxygens (including phenoxy) is 1. The zero-order valence-corrected chi connectivity index (χ0v) is 18.6. The Morgan fingerprint density at radius 3 is 2.46 bits per heavy atom. The van der Waals surface area contributed by atoms with Crippen molar-refractivity contribution in [2.75, 3.05) is 6.61 Å². The lowest BCUT2D eigenvalue weighted by Crippen LogP contribution is -2.19. The first kappa shape index (κ1) is 24.3. The van der Waals surface area contributed by atoms with Crippen molar-refractivity contribution in [1.29, 1.82) is 0 Å². The van der Waals surface area contributed by atoms with Crippen molar-refractivity contribution in [2.45, 2.75) is 39.7 Å². The summed E-state index contributed by atoms with van der Waals surface area (Å²) in [7, 11) is 0. The third-order valence-electron chi connectivity index (χ3n) is 5.23. The average molecular weight is 500 g/mol. The van der Waals surface area contributed by atoms with Crippen molar-refractivity contribution in [3.05, 3.63) is 53.4 Å². The van der Waals surface area contributed by atoms with E-state index in [0.29, 0.717) is 22.3 Å². The third-order valence-corrected chi connectivity index (χ3v) is 5.23. The topological polar surface area (TPSA) is 79.2 Å². The monoisotopic (exact) mass is 500 g/mol. The summed E-state index contributed by atoms with van der Waals surface area (Å²) < 4.78 is 87.1. The maximum atomic E-state index is 13.5. The molecular formula is C21H18F6N6O2. The van der Waals surface area contributed by atoms with E-state index in [-0.39, 0.29) is 18.0 Å². The normalized spacial score (nSPS) is 12.5. The van der Waals surface area contributed by atoms with Crippen LogP contribution in [0.25, 0.3) is 22.3 Å². The zero-order valence-electron chi connectivity index (χ0n) is 18.6. The first-order chi connectivity index (χ1) is 16.3. The van der Waals surface area contributed by atoms with Crippen LogP contribution in [0.15, 0.2) is 30.7 Å². The molecule has 0 unspecified atom stereocenters. The molecule has 0 spiro atoms. The van der Waals surface area contributed by atoms with E-state index in [1.807, 2.05) is 0 Å². The minimum atomic E-state index is -4.90. The molecule has 0 amide bonds. The molecule has 4 aromatic heterocycles. The van der Waals surface area contributed by atoms with Crippen LogP contribution in [0.4, 0.5) is 26.3 Å². The molecule has 0 aliphatic carbocycles. The second kappa shape index (κ2) is 8.43. The maximum absolute atomic E-state index is 13.5. The highest BCUT2D eigenvalue weighted by Crippen LogP contribution is 2.34. The van der Waals surface area contributed by atoms with E-state index in [0.717, 1.165) is 15.6 Å². The SMILES string of the molecule is CCOC(=O)c1cn(-c2ccn3ncc(-c4c(C)nn(CC(F)(F)F)c4C)c3c2)nc1C(F)(F)F. The molecule has 4 aromatic rings. The first-order valence-corrected chi connectivity index (χ1v) is 10.2. The molecule has 0 aromatic carbocycles. The Bertz CT molecular complexity index is 1410. The predicted octanol–water partition coefficient (Wildman–Crippen LogP) is 4.76. The smallest absolute Gasteiger partial charge is 0.436 e. The molecule has 0 atom stereocenters. The fourth-order valence-electron chi connectivity index (χ4n) is 3.79. The number of esters is 1. The summed E-state index contributed by atoms with van der Waals surface area (Å²) in [5.41, 5.74) is -0.148. The van der Waals surface area contributed by atoms with Gasteiger partial charge in [0.15, 0.2) is 5.69 Å². The minimum absolute atomic E-state index is 0.118. The number of aromatic nitrogens is 6. The Balaban J connectivity index is 1.83. The largest absolute Gasteiger partial charge is 0.462 e. The van der Waals surface area contributed by atoms with Gasteiger partial charge in [0.1, 0.15) is 12.1 Å². The van der Waals surface area contributed by atoms with Crippen molar-refractivity contribution in [2.24, 2.45) is 0 Å². The molecule has 4 heterocycles. The van der Waals surface area contributed by atoms with E-state index in [2.05, 4.69) is 15.3 Å². The molecule has 8 nitrogen and oxygen atoms in total. The number of pyridine rings is 1. The first-order valence-electron chi connectivity index (χ1n) is 10.2. The van der Waals surface area contributed by atoms with Crippen LogP contribution in [0.1, 0.15) is 34.4 Å². The van der Waals surface area contributed by atoms with Gasteiger partial charge in [0.2, 0.25) is 0 Å². The minimum Gasteiger partial charge on any atom is -0.462 e. The Morgan fingerprint density at radius 2 is 1.83 bits per heavy atom. The standard InChI is InChI=1S/C21H18F6N6O2/c1-4-35-19(34)15-9-32(30-18(15)21(25,26)27)13-5-6-31-16(7-13)14(8-28-31)17-11(2)29-33(12(17)3)10-20(22,23)24/h5-9H,4,10H2,1-3H3. The number of carbonyl (C=O) groups is 1. The number of carbonyl (C=O) groups excluding carboxylic acids is 1. The zero-order chi connectivity index (χ0) is 25.7. The van der Waals surface area contributed by atoms with Crippen molar-refractivity contribution < 1.29 is 35.9 Å². The van der Waals surface area contributed by atoms with Gasteiger partial charge in [-0.1, -0.05) is 0 Å². The van der Waals surface area contributed by atoms with E-state index >= 15 is 0 Å². The summed E-state index contributed by atoms with van der Waals surface area (Å²) in [6.07, 6.45) is -5.57. The number of hydrogen-bond donors (Lipinski definition) is 0. The van der Waals surface area contributed by atoms with Crippen LogP contribution in [-0.2, 0) is 17.5 Å². The van der Waals surface area contributed by atoms with E-state index in [9.17, 15) is 31.1 Å². The molecular weight excluding hydrogens is 482 g/mol. The van der Waals surface area contributed by atoms with Crippen LogP contribution in [0.3, 0.4) is 0 Å². The van der Waals surface area contributed by atoms with Crippen LogP contribution in [0.2, 0.25) is 0 Å². The van der Waals surface area contributed by atoms with Crippen molar-refractivity contribution in [3.8, 4) is 16.8 Å². The van der Waals surface area contributed by atoms with Gasteiger partial charge in [-0.05, 0) is 32.9 Å². The molecule has 0 aliphatic heterocycles. The third kappa shape index (κ3) is 4.59. The van der Waals surface area contributed by atoms with Gasteiger partial charge in [-0.25, -0.2) is 14.0 Å². The van der Waals surface area contributed by atoms with Gasteiger partial charge in [-0.3, -0.25) is 4.68 Å². The molecule has 0 radical (unpaired) electrons. The summed E-state index contributed by atoms with van der Waals surface area (Å²) in [6, 6.07) is 2.89. The molecule has 14 heteroatoms. The number of halogens is 6. The molecule has 0 N–H and O–H groups in total. The molecule has 0 bridgehead atoms. The molecule has 0 saturated heterocycles. The quantitative estimate of drug-likeness (QED) is 0.292. The van der Waals surface area contributed by atoms with Crippen LogP contribution >= 0.6 is 0 Å². The fraction of sp³-hybridized carbons (Fsp3) is 0.333. The van der Waals surface area contributed by atoms with Crippen LogP contribution in [-0.4, -0.2) is 47.9 Å². The van der Waals surface area contributed by atoms with Gasteiger partial charge in [-0.15, -0.1) is 0 Å². The number of rotatable bonds is 5. The Morgan fingerprint density at radius 1 is 1.11 bits per heavy atom. The summed E-state index contributed by atoms with van der Waals surface area (Å²) >= 11 is 0. The summed E-state index contributed by atoms with van der Waals surface area (Å²) in [5, 5.41) is 11.7. The van der Waals surface area contributed by atoms with Gasteiger partial charge < -0.3 is 4.74 Å². The highest BCUT2D eigenvalue weighted by Gasteiger charge is 2.40. The van der Waals surface area contributed by atoms with E-state index < -0.39 is 36.1 Å². The lowest BCUT2D eigenvalue weighted by molar-refractivity contribution is -0.143. The Labute approximate surface area is 193 Å². The molecule has 4 rings (SSSR count). The van der Waals surface area contributed by atoms with E-state index in [4.69, 9.17) is 4.74 Å². The van der Waals surface area contributed by atoms with Crippen LogP contribution < -0.4 is 0 Å². The summed E-state index contributed by atoms with van der Waals surface area (Å²) in [5.74, 6) is -1.17. The summed E-state index contributed by atoms with van der Waals surface area (Å²) in [6.45, 7) is 3.12. The number of aryl methyl sites for hydroxylation is 1. The highest BCUT2D eigenvalue weighted by molar-refractivity contribution is 5.91. The fourth-order valence-corrected chi connectivity index (χ4v) is 3.79. The van der Waals surface area contributed by atoms with Gasteiger partial charge in [0, 0.05) is 29.2 Å². The Kier molecular flexibility index (Phi) is 5.85. The van der Waals surface area contributed by atoms with E-state index in [1.54, 1.807) is 6.92 Å². The number of alkyl halides is 6. The van der Waals surface area contributed by atoms with Gasteiger partial charge in [0.05, 0.1) is 29.7 Å². The second-order valence-electron chi connectivity index (χ2n) is 7.65. The van der Waals surface area contributed by atoms with E-state index in [1.165, 1.54) is 42.9 Å². The molecule has 0 saturated carbocycles. The van der Waals surface area contributed by atoms with Crippen LogP contribution in [0, 0.1) is 13.8 Å². The lowest BCUT2D eigenvalue weighted by Gasteiger charge is -2.08. The van der Waals surface area contributed by atoms with Crippen molar-refractivity contribution in [1.82, 2.24) is 29.2 Å². The van der Waals surface area contributed by atoms with Gasteiger partial charge in [-0.2, -0.15) is 41.6 Å². The Hall–Kier alpha value is -3.84. The highest BCUT2D eigenvalue weighted by atomic mass is 19.4. The number of hydrogen-bond acceptors (Lipinski definition) is 5. The molecule has 0 fully saturated rings. The predicted molar refractivity (Wildman–Crippen MR) is 110 cm³/mol. The average Bonchev–Trinajstić information content (AvgIpc) is 3.43. The molecule has 0 aliphatic rings. The van der Waals surface area contributed by atoms with Crippen molar-refractivity contribution in [3.63, 3.8) is 0 Å². The molecule has 35 heavy (non-hydrogen) atoms. The van der Waals surface area contributed by atoms with Gasteiger partial charge >= 0.3 is 18.3 Å². The maximum Gasteiger partial charge on any atom is 0.436 e. The summed E-state index contributed by atoms with van der Waals surface area (Å²) in [4.78, 5) is 12.1. The lowest BCUT2D eigenvalue weighted by atomic mass is 10.1. The second-order valence-corrected chi connectivity index (χ2v) is 7.65. The van der Waals surface area contributed by atoms with Gasteiger partial charge in [0.25, 0.3) is 0 Å².